The van der Waals surface area contributed by atoms with Crippen molar-refractivity contribution < 1.29 is 114 Å². The Bertz CT molecular complexity index is 1180. The van der Waals surface area contributed by atoms with Gasteiger partial charge in [-0.2, -0.15) is 0 Å². The summed E-state index contributed by atoms with van der Waals surface area (Å²) >= 11 is 0. The molecule has 9 amide bonds. The Kier molecular flexibility index (Phi) is 27.1. The number of nitrogens with one attached hydrogen (secondary N) is 6. The van der Waals surface area contributed by atoms with E-state index in [1.54, 1.807) is 0 Å². The van der Waals surface area contributed by atoms with E-state index < -0.39 is 129 Å². The van der Waals surface area contributed by atoms with Crippen LogP contribution in [0.15, 0.2) is 0 Å². The number of carbonyl (C=O) groups is 9. The van der Waals surface area contributed by atoms with E-state index in [1.165, 1.54) is 0 Å². The van der Waals surface area contributed by atoms with Gasteiger partial charge >= 0.3 is 0 Å². The number of hydroxylamine groups is 6. The van der Waals surface area contributed by atoms with Crippen molar-refractivity contribution in [2.75, 3.05) is 32.7 Å². The molecule has 4 atom stereocenters. The molecule has 283 valence electrons. The van der Waals surface area contributed by atoms with Gasteiger partial charge in [-0.1, -0.05) is 0 Å². The first-order chi connectivity index (χ1) is 22.4. The second kappa shape index (κ2) is 26.5. The first-order valence-corrected chi connectivity index (χ1v) is 14.2. The van der Waals surface area contributed by atoms with Gasteiger partial charge in [0.2, 0.25) is 53.2 Å². The zero-order valence-corrected chi connectivity index (χ0v) is 31.6. The zero-order valence-electron chi connectivity index (χ0n) is 27.6. The van der Waals surface area contributed by atoms with Gasteiger partial charge in [0.05, 0.1) is 32.7 Å². The minimum Gasteiger partial charge on any atom is -0.569 e. The number of aliphatic hydroxyl groups is 1. The van der Waals surface area contributed by atoms with Gasteiger partial charge < -0.3 is 43.9 Å². The summed E-state index contributed by atoms with van der Waals surface area (Å²) in [4.78, 5) is 111. The summed E-state index contributed by atoms with van der Waals surface area (Å²) < 4.78 is 0. The maximum absolute atomic E-state index is 13.4. The van der Waals surface area contributed by atoms with E-state index in [0.29, 0.717) is 0 Å². The van der Waals surface area contributed by atoms with Gasteiger partial charge in [-0.15, -0.1) is 0 Å². The predicted octanol–water partition coefficient (Wildman–Crippen LogP) is -4.97. The van der Waals surface area contributed by atoms with E-state index in [2.05, 4.69) is 45.9 Å². The number of hydrogen-bond donors (Lipinski definition) is 10. The fraction of sp³-hybridized carbons (Fsp3) is 0.577. The molecule has 1 saturated heterocycles. The van der Waals surface area contributed by atoms with Crippen LogP contribution < -0.4 is 31.9 Å². The van der Waals surface area contributed by atoms with Gasteiger partial charge in [0, 0.05) is 70.5 Å². The molecule has 0 spiro atoms. The fourth-order valence-corrected chi connectivity index (χ4v) is 3.72. The molecule has 0 aliphatic carbocycles. The van der Waals surface area contributed by atoms with E-state index in [1.807, 2.05) is 0 Å². The van der Waals surface area contributed by atoms with Crippen molar-refractivity contribution >= 4 is 53.2 Å². The number of nitrogens with zero attached hydrogens (tertiary/aromatic N) is 3. The van der Waals surface area contributed by atoms with Crippen LogP contribution in [0.4, 0.5) is 0 Å². The minimum absolute atomic E-state index is 0. The van der Waals surface area contributed by atoms with Crippen LogP contribution in [0.1, 0.15) is 40.0 Å². The number of carbonyl (C=O) groups excluding carboxylic acids is 9. The van der Waals surface area contributed by atoms with Gasteiger partial charge in [-0.25, -0.2) is 22.3 Å². The maximum atomic E-state index is 13.4. The molecule has 0 aromatic heterocycles. The second-order valence-corrected chi connectivity index (χ2v) is 10.1. The van der Waals surface area contributed by atoms with Crippen LogP contribution in [0.3, 0.4) is 0 Å². The molecule has 0 saturated carbocycles. The Morgan fingerprint density at radius 2 is 0.900 bits per heavy atom. The van der Waals surface area contributed by atoms with Gasteiger partial charge in [0.1, 0.15) is 18.1 Å². The average molecular weight is 834 g/mol. The van der Waals surface area contributed by atoms with Crippen LogP contribution in [0, 0.1) is 14.0 Å². The standard InChI is InChI=1S/C25H40N9O12.CH3O.Fe.Y/c1-13-22(40)26-12-21(39)29-18(6-9-33(45)15(3)36)24(42)31-19(7-10-34(46)16(4)37)25(43)30-17(5-8-32(44)14(2)35)23(41)27-11-20(38)28-13;1-2;;/h13,17-19,44-46H,1,5-12H2,2-4H3,(H,26,40)(H,27,41)(H,28,38)(H,29,39)(H,30,43)(H,31,42);2H,1H2;;/q2*-1;;/t13?,17-,18-,19-;;;/m1.../s1. The van der Waals surface area contributed by atoms with Gasteiger partial charge in [-0.3, -0.25) is 58.8 Å². The van der Waals surface area contributed by atoms with E-state index in [-0.39, 0.29) is 65.0 Å². The molecule has 10 N–H and O–H groups in total. The van der Waals surface area contributed by atoms with Crippen LogP contribution in [0.25, 0.3) is 0 Å². The van der Waals surface area contributed by atoms with Gasteiger partial charge in [0.15, 0.2) is 0 Å². The van der Waals surface area contributed by atoms with Crippen molar-refractivity contribution in [3.63, 3.8) is 0 Å². The molecule has 1 unspecified atom stereocenters. The minimum atomic E-state index is -1.60. The number of hydrogen-bond acceptors (Lipinski definition) is 13. The molecule has 1 radical (unpaired) electrons. The van der Waals surface area contributed by atoms with Crippen LogP contribution in [-0.4, -0.2) is 146 Å². The molecule has 1 heterocycles. The quantitative estimate of drug-likeness (QED) is 0.0451. The van der Waals surface area contributed by atoms with Crippen molar-refractivity contribution in [1.29, 1.82) is 0 Å². The third-order valence-electron chi connectivity index (χ3n) is 6.39. The Morgan fingerprint density at radius 3 is 1.26 bits per heavy atom. The van der Waals surface area contributed by atoms with Crippen molar-refractivity contribution in [1.82, 2.24) is 47.1 Å². The Balaban J connectivity index is -0.00000541. The number of rotatable bonds is 9. The van der Waals surface area contributed by atoms with E-state index >= 15 is 0 Å². The molecule has 1 rings (SSSR count). The van der Waals surface area contributed by atoms with E-state index in [9.17, 15) is 58.8 Å². The molecule has 0 bridgehead atoms. The molecule has 1 fully saturated rings. The molecule has 22 nitrogen and oxygen atoms in total. The van der Waals surface area contributed by atoms with Crippen LogP contribution in [0.2, 0.25) is 0 Å². The van der Waals surface area contributed by atoms with E-state index in [0.717, 1.165) is 20.8 Å². The number of aliphatic hydroxyl groups excluding tert-OH is 1. The summed E-state index contributed by atoms with van der Waals surface area (Å²) in [5.74, 6) is -8.16. The van der Waals surface area contributed by atoms with Crippen LogP contribution >= 0.6 is 0 Å². The Hall–Kier alpha value is -3.31. The monoisotopic (exact) mass is 834 g/mol. The van der Waals surface area contributed by atoms with Crippen molar-refractivity contribution in [2.45, 2.75) is 64.2 Å². The topological polar surface area (TPSA) is 316 Å². The molecule has 1 aliphatic rings. The summed E-state index contributed by atoms with van der Waals surface area (Å²) in [6, 6.07) is -6.08. The van der Waals surface area contributed by atoms with Gasteiger partial charge in [0.25, 0.3) is 0 Å². The number of amides is 9. The van der Waals surface area contributed by atoms with Crippen LogP contribution in [-0.2, 0) is 92.9 Å². The first-order valence-electron chi connectivity index (χ1n) is 14.2. The fourth-order valence-electron chi connectivity index (χ4n) is 3.72. The third-order valence-corrected chi connectivity index (χ3v) is 6.39. The summed E-state index contributed by atoms with van der Waals surface area (Å²) in [7, 11) is 2.25. The maximum Gasteiger partial charge on any atom is 0.243 e. The molecule has 0 aromatic rings. The largest absolute Gasteiger partial charge is 0.569 e. The molecule has 0 aromatic carbocycles. The van der Waals surface area contributed by atoms with E-state index in [4.69, 9.17) is 5.11 Å². The van der Waals surface area contributed by atoms with Crippen molar-refractivity contribution in [2.24, 2.45) is 0 Å². The second-order valence-electron chi connectivity index (χ2n) is 10.1. The Labute approximate surface area is 323 Å². The SMILES string of the molecule is [CH2-]C1NC(=O)CNC(=O)[C@@H](CCN(O)C(C)=O)NC(=O)[C@@H](CCN(O)C(C)=O)NC(=O)[C@@H](CCN(O)C(C)=O)NC(=O)CNC1=O.[CH2-]O.[Fe].[Y]. The molecule has 50 heavy (non-hydrogen) atoms. The predicted molar refractivity (Wildman–Crippen MR) is 158 cm³/mol. The smallest absolute Gasteiger partial charge is 0.243 e. The molecule has 24 heteroatoms. The first kappa shape index (κ1) is 51.1. The summed E-state index contributed by atoms with van der Waals surface area (Å²) in [6.07, 6.45) is -1.23. The molecular weight excluding hydrogens is 791 g/mol. The zero-order chi connectivity index (χ0) is 37.1. The molecule has 1 aliphatic heterocycles. The van der Waals surface area contributed by atoms with Crippen molar-refractivity contribution in [3.05, 3.63) is 14.0 Å². The molecular formula is C26H43FeN9O13Y-2. The van der Waals surface area contributed by atoms with Crippen LogP contribution in [0.5, 0.6) is 0 Å². The Morgan fingerprint density at radius 1 is 0.600 bits per heavy atom. The van der Waals surface area contributed by atoms with Crippen molar-refractivity contribution in [3.8, 4) is 0 Å². The average Bonchev–Trinajstić information content (AvgIpc) is 3.03. The summed E-state index contributed by atoms with van der Waals surface area (Å²) in [5, 5.41) is 50.5. The normalized spacial score (nSPS) is 20.3. The van der Waals surface area contributed by atoms with Gasteiger partial charge in [-0.05, 0) is 25.3 Å². The third kappa shape index (κ3) is 19.8. The summed E-state index contributed by atoms with van der Waals surface area (Å²) in [5.41, 5.74) is 0. The summed E-state index contributed by atoms with van der Waals surface area (Å²) in [6.45, 7) is 3.69.